The van der Waals surface area contributed by atoms with Gasteiger partial charge in [0.1, 0.15) is 23.5 Å². The van der Waals surface area contributed by atoms with Crippen LogP contribution in [0, 0.1) is 5.92 Å². The van der Waals surface area contributed by atoms with Crippen LogP contribution in [-0.4, -0.2) is 42.2 Å². The predicted molar refractivity (Wildman–Crippen MR) is 92.5 cm³/mol. The average molecular weight is 432 g/mol. The monoisotopic (exact) mass is 432 g/mol. The molecule has 0 aromatic heterocycles. The first-order valence-electron chi connectivity index (χ1n) is 9.06. The van der Waals surface area contributed by atoms with Crippen molar-refractivity contribution in [3.8, 4) is 11.5 Å². The minimum atomic E-state index is -4.56. The molecule has 0 saturated heterocycles. The van der Waals surface area contributed by atoms with Gasteiger partial charge in [-0.3, -0.25) is 4.79 Å². The number of benzene rings is 1. The number of halogens is 5. The summed E-state index contributed by atoms with van der Waals surface area (Å²) in [4.78, 5) is 11.3. The summed E-state index contributed by atoms with van der Waals surface area (Å²) in [6, 6.07) is 4.61. The molecule has 1 aromatic carbocycles. The Morgan fingerprint density at radius 1 is 1.37 bits per heavy atom. The van der Waals surface area contributed by atoms with E-state index in [0.717, 1.165) is 18.2 Å². The van der Waals surface area contributed by atoms with E-state index < -0.39 is 54.0 Å². The van der Waals surface area contributed by atoms with Crippen LogP contribution in [0.1, 0.15) is 18.9 Å². The molecule has 0 radical (unpaired) electrons. The molecule has 0 amide bonds. The zero-order valence-corrected chi connectivity index (χ0v) is 15.6. The zero-order valence-electron chi connectivity index (χ0n) is 15.6. The molecule has 1 heterocycles. The van der Waals surface area contributed by atoms with E-state index in [1.54, 1.807) is 13.0 Å². The fourth-order valence-electron chi connectivity index (χ4n) is 4.14. The van der Waals surface area contributed by atoms with Gasteiger partial charge >= 0.3 is 18.8 Å². The second kappa shape index (κ2) is 6.69. The molecule has 30 heavy (non-hydrogen) atoms. The van der Waals surface area contributed by atoms with Crippen LogP contribution in [0.4, 0.5) is 22.0 Å². The number of rotatable bonds is 6. The third kappa shape index (κ3) is 3.32. The van der Waals surface area contributed by atoms with Gasteiger partial charge < -0.3 is 19.3 Å². The molecule has 1 saturated carbocycles. The molecule has 5 nitrogen and oxygen atoms in total. The molecule has 1 N–H and O–H groups in total. The average Bonchev–Trinajstić information content (AvgIpc) is 3.14. The highest BCUT2D eigenvalue weighted by molar-refractivity contribution is 5.81. The molecular formula is C20H17F5O5. The molecule has 4 unspecified atom stereocenters. The second-order valence-corrected chi connectivity index (χ2v) is 7.73. The molecule has 10 heteroatoms. The van der Waals surface area contributed by atoms with Gasteiger partial charge in [0.15, 0.2) is 5.60 Å². The van der Waals surface area contributed by atoms with E-state index in [-0.39, 0.29) is 12.2 Å². The molecule has 2 aliphatic carbocycles. The molecule has 0 bridgehead atoms. The Labute approximate surface area is 167 Å². The van der Waals surface area contributed by atoms with Gasteiger partial charge in [0.25, 0.3) is 0 Å². The Morgan fingerprint density at radius 3 is 2.67 bits per heavy atom. The van der Waals surface area contributed by atoms with Crippen LogP contribution in [0.25, 0.3) is 0 Å². The molecule has 162 valence electrons. The van der Waals surface area contributed by atoms with Gasteiger partial charge in [-0.2, -0.15) is 22.0 Å². The SMILES string of the molecule is CC12c3ccc(OC4(COC(F)F)C=CC(C(F)(F)F)=CC4)cc3OC1C2C(=O)O. The second-order valence-electron chi connectivity index (χ2n) is 7.73. The van der Waals surface area contributed by atoms with Crippen molar-refractivity contribution >= 4 is 5.97 Å². The maximum atomic E-state index is 12.9. The number of ether oxygens (including phenoxy) is 3. The molecule has 3 aliphatic rings. The van der Waals surface area contributed by atoms with Gasteiger partial charge in [-0.1, -0.05) is 25.1 Å². The van der Waals surface area contributed by atoms with Gasteiger partial charge in [0.05, 0.1) is 17.6 Å². The lowest BCUT2D eigenvalue weighted by Crippen LogP contribution is -2.41. The maximum Gasteiger partial charge on any atom is 0.416 e. The number of aliphatic carboxylic acids is 1. The maximum absolute atomic E-state index is 12.9. The van der Waals surface area contributed by atoms with E-state index in [1.165, 1.54) is 12.1 Å². The predicted octanol–water partition coefficient (Wildman–Crippen LogP) is 4.23. The summed E-state index contributed by atoms with van der Waals surface area (Å²) in [5.74, 6) is -1.04. The number of carboxylic acid groups (broad SMARTS) is 1. The fourth-order valence-corrected chi connectivity index (χ4v) is 4.14. The van der Waals surface area contributed by atoms with Gasteiger partial charge in [0.2, 0.25) is 0 Å². The standard InChI is InChI=1S/C20H17F5O5/c1-18-12-3-2-11(8-13(12)29-15(18)14(18)16(26)27)30-19(9-28-17(21)22)6-4-10(5-7-19)20(23,24)25/h2-6,8,14-15,17H,7,9H2,1H3,(H,26,27). The number of hydrogen-bond donors (Lipinski definition) is 1. The molecule has 0 spiro atoms. The fraction of sp³-hybridized carbons (Fsp3) is 0.450. The number of fused-ring (bicyclic) bond motifs is 3. The highest BCUT2D eigenvalue weighted by Crippen LogP contribution is 2.63. The normalized spacial score (nSPS) is 31.6. The number of carbonyl (C=O) groups is 1. The van der Waals surface area contributed by atoms with Crippen molar-refractivity contribution in [3.63, 3.8) is 0 Å². The van der Waals surface area contributed by atoms with E-state index in [1.807, 2.05) is 0 Å². The van der Waals surface area contributed by atoms with Crippen LogP contribution < -0.4 is 9.47 Å². The smallest absolute Gasteiger partial charge is 0.416 e. The Morgan fingerprint density at radius 2 is 2.10 bits per heavy atom. The van der Waals surface area contributed by atoms with Crippen molar-refractivity contribution in [2.45, 2.75) is 43.3 Å². The van der Waals surface area contributed by atoms with Crippen LogP contribution in [0.3, 0.4) is 0 Å². The number of hydrogen-bond acceptors (Lipinski definition) is 4. The van der Waals surface area contributed by atoms with E-state index in [2.05, 4.69) is 4.74 Å². The lowest BCUT2D eigenvalue weighted by atomic mass is 9.91. The molecule has 1 fully saturated rings. The Kier molecular flexibility index (Phi) is 4.61. The topological polar surface area (TPSA) is 65.0 Å². The third-order valence-corrected chi connectivity index (χ3v) is 5.82. The first kappa shape index (κ1) is 20.6. The van der Waals surface area contributed by atoms with E-state index >= 15 is 0 Å². The quantitative estimate of drug-likeness (QED) is 0.682. The minimum absolute atomic E-state index is 0.178. The van der Waals surface area contributed by atoms with Crippen molar-refractivity contribution in [1.82, 2.24) is 0 Å². The first-order chi connectivity index (χ1) is 14.0. The third-order valence-electron chi connectivity index (χ3n) is 5.82. The summed E-state index contributed by atoms with van der Waals surface area (Å²) in [5, 5.41) is 9.26. The lowest BCUT2D eigenvalue weighted by Gasteiger charge is -2.33. The summed E-state index contributed by atoms with van der Waals surface area (Å²) in [7, 11) is 0. The van der Waals surface area contributed by atoms with Crippen molar-refractivity contribution < 1.29 is 46.1 Å². The summed E-state index contributed by atoms with van der Waals surface area (Å²) < 4.78 is 79.6. The van der Waals surface area contributed by atoms with Crippen molar-refractivity contribution in [2.75, 3.05) is 6.61 Å². The van der Waals surface area contributed by atoms with Crippen molar-refractivity contribution in [3.05, 3.63) is 47.6 Å². The summed E-state index contributed by atoms with van der Waals surface area (Å²) >= 11 is 0. The highest BCUT2D eigenvalue weighted by Gasteiger charge is 2.73. The first-order valence-corrected chi connectivity index (χ1v) is 9.06. The van der Waals surface area contributed by atoms with Crippen LogP contribution in [-0.2, 0) is 14.9 Å². The van der Waals surface area contributed by atoms with Crippen LogP contribution in [0.5, 0.6) is 11.5 Å². The molecular weight excluding hydrogens is 415 g/mol. The summed E-state index contributed by atoms with van der Waals surface area (Å²) in [6.45, 7) is -2.01. The van der Waals surface area contributed by atoms with Gasteiger partial charge in [-0.15, -0.1) is 0 Å². The molecule has 1 aliphatic heterocycles. The summed E-state index contributed by atoms with van der Waals surface area (Å²) in [6.07, 6.45) is -2.70. The number of carboxylic acids is 1. The van der Waals surface area contributed by atoms with E-state index in [9.17, 15) is 31.9 Å². The van der Waals surface area contributed by atoms with Gasteiger partial charge in [-0.05, 0) is 12.1 Å². The Bertz CT molecular complexity index is 940. The zero-order chi connectivity index (χ0) is 21.9. The Balaban J connectivity index is 1.56. The van der Waals surface area contributed by atoms with Crippen LogP contribution in [0.15, 0.2) is 42.0 Å². The van der Waals surface area contributed by atoms with E-state index in [0.29, 0.717) is 11.3 Å². The van der Waals surface area contributed by atoms with Crippen molar-refractivity contribution in [2.24, 2.45) is 5.92 Å². The largest absolute Gasteiger partial charge is 0.488 e. The van der Waals surface area contributed by atoms with Crippen LogP contribution >= 0.6 is 0 Å². The lowest BCUT2D eigenvalue weighted by molar-refractivity contribution is -0.156. The number of alkyl halides is 5. The van der Waals surface area contributed by atoms with Crippen LogP contribution in [0.2, 0.25) is 0 Å². The molecule has 1 aromatic rings. The number of allylic oxidation sites excluding steroid dienone is 2. The van der Waals surface area contributed by atoms with Crippen molar-refractivity contribution in [1.29, 1.82) is 0 Å². The highest BCUT2D eigenvalue weighted by atomic mass is 19.4. The van der Waals surface area contributed by atoms with E-state index in [4.69, 9.17) is 9.47 Å². The minimum Gasteiger partial charge on any atom is -0.488 e. The molecule has 4 rings (SSSR count). The van der Waals surface area contributed by atoms with Gasteiger partial charge in [-0.25, -0.2) is 0 Å². The Hall–Kier alpha value is -2.62. The molecule has 4 atom stereocenters. The summed E-state index contributed by atoms with van der Waals surface area (Å²) in [5.41, 5.74) is -2.44. The van der Waals surface area contributed by atoms with Gasteiger partial charge in [0, 0.05) is 18.1 Å².